The molecule has 10 nitrogen and oxygen atoms in total. The summed E-state index contributed by atoms with van der Waals surface area (Å²) in [6, 6.07) is 11.9. The number of nitro benzene ring substituents is 2. The largest absolute Gasteiger partial charge is 0.352 e. The molecular weight excluding hydrogens is 386 g/mol. The second-order valence-electron chi connectivity index (χ2n) is 5.52. The van der Waals surface area contributed by atoms with Gasteiger partial charge in [0.25, 0.3) is 11.4 Å². The molecule has 28 heavy (non-hydrogen) atoms. The fraction of sp³-hybridized carbons (Fsp3) is 0.0588. The van der Waals surface area contributed by atoms with E-state index in [9.17, 15) is 25.0 Å². The molecule has 0 radical (unpaired) electrons. The van der Waals surface area contributed by atoms with E-state index >= 15 is 0 Å². The Bertz CT molecular complexity index is 1050. The predicted octanol–water partition coefficient (Wildman–Crippen LogP) is 3.68. The first-order chi connectivity index (χ1) is 13.4. The number of nitrogens with one attached hydrogen (secondary N) is 2. The molecule has 1 aromatic heterocycles. The summed E-state index contributed by atoms with van der Waals surface area (Å²) in [5.41, 5.74) is 0.996. The summed E-state index contributed by atoms with van der Waals surface area (Å²) < 4.78 is 0. The third-order valence-corrected chi connectivity index (χ3v) is 4.43. The van der Waals surface area contributed by atoms with Gasteiger partial charge in [0.1, 0.15) is 5.69 Å². The van der Waals surface area contributed by atoms with Gasteiger partial charge in [0.2, 0.25) is 5.91 Å². The summed E-state index contributed by atoms with van der Waals surface area (Å²) in [4.78, 5) is 37.2. The minimum absolute atomic E-state index is 0.0381. The fourth-order valence-corrected chi connectivity index (χ4v) is 3.07. The van der Waals surface area contributed by atoms with E-state index in [-0.39, 0.29) is 23.6 Å². The van der Waals surface area contributed by atoms with Crippen LogP contribution in [0.3, 0.4) is 0 Å². The topological polar surface area (TPSA) is 140 Å². The van der Waals surface area contributed by atoms with Crippen LogP contribution in [0.4, 0.5) is 22.2 Å². The number of thiazole rings is 1. The van der Waals surface area contributed by atoms with Gasteiger partial charge in [-0.1, -0.05) is 24.3 Å². The Kier molecular flexibility index (Phi) is 5.56. The molecule has 11 heteroatoms. The molecule has 0 atom stereocenters. The third kappa shape index (κ3) is 4.45. The molecule has 0 bridgehead atoms. The van der Waals surface area contributed by atoms with Crippen LogP contribution in [0.1, 0.15) is 0 Å². The van der Waals surface area contributed by atoms with Crippen molar-refractivity contribution < 1.29 is 14.6 Å². The highest BCUT2D eigenvalue weighted by atomic mass is 32.1. The van der Waals surface area contributed by atoms with Crippen molar-refractivity contribution in [3.8, 4) is 11.3 Å². The van der Waals surface area contributed by atoms with Crippen LogP contribution >= 0.6 is 11.3 Å². The molecule has 0 unspecified atom stereocenters. The van der Waals surface area contributed by atoms with Gasteiger partial charge in [-0.15, -0.1) is 11.3 Å². The zero-order chi connectivity index (χ0) is 20.1. The molecule has 0 aliphatic carbocycles. The number of non-ortho nitro benzene ring substituents is 1. The number of hydrogen-bond acceptors (Lipinski definition) is 8. The molecule has 3 rings (SSSR count). The van der Waals surface area contributed by atoms with Crippen LogP contribution in [0.25, 0.3) is 11.3 Å². The van der Waals surface area contributed by atoms with Gasteiger partial charge in [0.15, 0.2) is 5.13 Å². The van der Waals surface area contributed by atoms with Gasteiger partial charge in [-0.3, -0.25) is 25.0 Å². The van der Waals surface area contributed by atoms with Crippen molar-refractivity contribution in [1.82, 2.24) is 4.98 Å². The lowest BCUT2D eigenvalue weighted by atomic mass is 10.1. The zero-order valence-electron chi connectivity index (χ0n) is 14.2. The van der Waals surface area contributed by atoms with E-state index in [1.807, 2.05) is 0 Å². The summed E-state index contributed by atoms with van der Waals surface area (Å²) in [5.74, 6) is -0.471. The Morgan fingerprint density at radius 2 is 1.86 bits per heavy atom. The lowest BCUT2D eigenvalue weighted by molar-refractivity contribution is -0.384. The van der Waals surface area contributed by atoms with Gasteiger partial charge in [-0.2, -0.15) is 0 Å². The summed E-state index contributed by atoms with van der Waals surface area (Å²) >= 11 is 1.23. The van der Waals surface area contributed by atoms with E-state index in [2.05, 4.69) is 15.6 Å². The van der Waals surface area contributed by atoms with Crippen molar-refractivity contribution >= 4 is 39.4 Å². The average molecular weight is 399 g/mol. The first kappa shape index (κ1) is 18.9. The molecule has 0 saturated carbocycles. The maximum absolute atomic E-state index is 12.1. The van der Waals surface area contributed by atoms with E-state index in [0.29, 0.717) is 16.4 Å². The number of carbonyl (C=O) groups is 1. The third-order valence-electron chi connectivity index (χ3n) is 3.63. The molecule has 1 amide bonds. The lowest BCUT2D eigenvalue weighted by Crippen LogP contribution is -2.22. The number of rotatable bonds is 7. The SMILES string of the molecule is O=C(CNc1nc(-c2cccc([N+](=O)[O-])c2)cs1)Nc1ccccc1[N+](=O)[O-]. The van der Waals surface area contributed by atoms with Crippen LogP contribution in [0.15, 0.2) is 53.9 Å². The van der Waals surface area contributed by atoms with Crippen molar-refractivity contribution in [2.24, 2.45) is 0 Å². The molecule has 0 aliphatic heterocycles. The number of hydrogen-bond donors (Lipinski definition) is 2. The maximum atomic E-state index is 12.1. The Hall–Kier alpha value is -3.86. The van der Waals surface area contributed by atoms with E-state index in [1.165, 1.54) is 41.7 Å². The molecule has 1 heterocycles. The second kappa shape index (κ2) is 8.22. The Balaban J connectivity index is 1.63. The number of para-hydroxylation sites is 2. The number of carbonyl (C=O) groups excluding carboxylic acids is 1. The zero-order valence-corrected chi connectivity index (χ0v) is 15.0. The van der Waals surface area contributed by atoms with Crippen molar-refractivity contribution in [3.05, 3.63) is 74.1 Å². The van der Waals surface area contributed by atoms with E-state index in [1.54, 1.807) is 23.6 Å². The quantitative estimate of drug-likeness (QED) is 0.456. The Morgan fingerprint density at radius 3 is 2.61 bits per heavy atom. The lowest BCUT2D eigenvalue weighted by Gasteiger charge is -2.06. The van der Waals surface area contributed by atoms with Crippen molar-refractivity contribution in [2.75, 3.05) is 17.2 Å². The molecule has 0 saturated heterocycles. The first-order valence-corrected chi connectivity index (χ1v) is 8.79. The van der Waals surface area contributed by atoms with Gasteiger partial charge in [-0.25, -0.2) is 4.98 Å². The van der Waals surface area contributed by atoms with Gasteiger partial charge in [0.05, 0.1) is 22.1 Å². The molecule has 0 spiro atoms. The first-order valence-electron chi connectivity index (χ1n) is 7.91. The predicted molar refractivity (Wildman–Crippen MR) is 104 cm³/mol. The molecule has 142 valence electrons. The van der Waals surface area contributed by atoms with Crippen LogP contribution in [-0.2, 0) is 4.79 Å². The normalized spacial score (nSPS) is 10.3. The minimum Gasteiger partial charge on any atom is -0.352 e. The molecule has 2 N–H and O–H groups in total. The van der Waals surface area contributed by atoms with Gasteiger partial charge >= 0.3 is 0 Å². The van der Waals surface area contributed by atoms with Gasteiger partial charge in [0, 0.05) is 29.1 Å². The van der Waals surface area contributed by atoms with Crippen molar-refractivity contribution in [1.29, 1.82) is 0 Å². The summed E-state index contributed by atoms with van der Waals surface area (Å²) in [7, 11) is 0. The van der Waals surface area contributed by atoms with Crippen LogP contribution in [0.5, 0.6) is 0 Å². The smallest absolute Gasteiger partial charge is 0.292 e. The van der Waals surface area contributed by atoms with Gasteiger partial charge in [-0.05, 0) is 6.07 Å². The van der Waals surface area contributed by atoms with E-state index < -0.39 is 15.8 Å². The molecular formula is C17H13N5O5S. The summed E-state index contributed by atoms with van der Waals surface area (Å²) in [6.07, 6.45) is 0. The molecule has 0 fully saturated rings. The Labute approximate surface area is 162 Å². The fourth-order valence-electron chi connectivity index (χ4n) is 2.36. The van der Waals surface area contributed by atoms with Crippen LogP contribution in [0, 0.1) is 20.2 Å². The minimum atomic E-state index is -0.574. The second-order valence-corrected chi connectivity index (χ2v) is 6.38. The summed E-state index contributed by atoms with van der Waals surface area (Å²) in [5, 5.41) is 29.3. The van der Waals surface area contributed by atoms with Crippen LogP contribution in [0.2, 0.25) is 0 Å². The highest BCUT2D eigenvalue weighted by Gasteiger charge is 2.15. The Morgan fingerprint density at radius 1 is 1.07 bits per heavy atom. The monoisotopic (exact) mass is 399 g/mol. The van der Waals surface area contributed by atoms with Crippen molar-refractivity contribution in [2.45, 2.75) is 0 Å². The number of anilines is 2. The van der Waals surface area contributed by atoms with Crippen LogP contribution in [-0.4, -0.2) is 27.3 Å². The number of nitro groups is 2. The van der Waals surface area contributed by atoms with E-state index in [4.69, 9.17) is 0 Å². The summed E-state index contributed by atoms with van der Waals surface area (Å²) in [6.45, 7) is -0.145. The molecule has 2 aromatic carbocycles. The number of benzene rings is 2. The number of aromatic nitrogens is 1. The number of nitrogens with zero attached hydrogens (tertiary/aromatic N) is 3. The maximum Gasteiger partial charge on any atom is 0.292 e. The van der Waals surface area contributed by atoms with Crippen LogP contribution < -0.4 is 10.6 Å². The van der Waals surface area contributed by atoms with E-state index in [0.717, 1.165) is 0 Å². The van der Waals surface area contributed by atoms with Gasteiger partial charge < -0.3 is 10.6 Å². The van der Waals surface area contributed by atoms with Crippen molar-refractivity contribution in [3.63, 3.8) is 0 Å². The average Bonchev–Trinajstić information content (AvgIpc) is 3.16. The number of amides is 1. The standard InChI is InChI=1S/C17H13N5O5S/c23-16(19-13-6-1-2-7-15(13)22(26)27)9-18-17-20-14(10-28-17)11-4-3-5-12(8-11)21(24)25/h1-8,10H,9H2,(H,18,20)(H,19,23). The highest BCUT2D eigenvalue weighted by molar-refractivity contribution is 7.14. The highest BCUT2D eigenvalue weighted by Crippen LogP contribution is 2.27. The molecule has 0 aliphatic rings. The molecule has 3 aromatic rings.